The van der Waals surface area contributed by atoms with Gasteiger partial charge in [-0.15, -0.1) is 0 Å². The molecule has 0 amide bonds. The van der Waals surface area contributed by atoms with Crippen molar-refractivity contribution >= 4 is 5.82 Å². The lowest BCUT2D eigenvalue weighted by atomic mass is 10.1. The molecule has 0 aliphatic heterocycles. The lowest BCUT2D eigenvalue weighted by molar-refractivity contribution is 0.189. The van der Waals surface area contributed by atoms with Gasteiger partial charge in [-0.1, -0.05) is 26.2 Å². The van der Waals surface area contributed by atoms with E-state index < -0.39 is 0 Å². The average molecular weight is 223 g/mol. The van der Waals surface area contributed by atoms with Crippen LogP contribution in [0.15, 0.2) is 12.3 Å². The van der Waals surface area contributed by atoms with Crippen LogP contribution in [0.5, 0.6) is 6.01 Å². The zero-order chi connectivity index (χ0) is 11.8. The molecule has 90 valence electrons. The van der Waals surface area contributed by atoms with Gasteiger partial charge in [0.1, 0.15) is 5.82 Å². The molecule has 1 aromatic rings. The molecule has 0 saturated heterocycles. The Balaban J connectivity index is 2.25. The van der Waals surface area contributed by atoms with Crippen molar-refractivity contribution in [2.24, 2.45) is 0 Å². The van der Waals surface area contributed by atoms with Gasteiger partial charge in [0, 0.05) is 6.20 Å². The molecule has 0 aromatic carbocycles. The van der Waals surface area contributed by atoms with Crippen LogP contribution in [0.3, 0.4) is 0 Å². The Morgan fingerprint density at radius 2 is 2.19 bits per heavy atom. The van der Waals surface area contributed by atoms with Crippen LogP contribution < -0.4 is 10.5 Å². The van der Waals surface area contributed by atoms with E-state index in [1.165, 1.54) is 25.7 Å². The van der Waals surface area contributed by atoms with Crippen LogP contribution in [0.4, 0.5) is 5.82 Å². The molecule has 0 aliphatic rings. The van der Waals surface area contributed by atoms with E-state index in [4.69, 9.17) is 10.5 Å². The molecule has 1 rings (SSSR count). The Morgan fingerprint density at radius 1 is 1.38 bits per heavy atom. The van der Waals surface area contributed by atoms with E-state index in [1.54, 1.807) is 12.3 Å². The number of nitrogens with zero attached hydrogens (tertiary/aromatic N) is 2. The molecule has 0 bridgehead atoms. The Kier molecular flexibility index (Phi) is 5.61. The maximum absolute atomic E-state index is 5.57. The zero-order valence-corrected chi connectivity index (χ0v) is 10.1. The highest BCUT2D eigenvalue weighted by Crippen LogP contribution is 2.11. The fourth-order valence-electron chi connectivity index (χ4n) is 1.51. The van der Waals surface area contributed by atoms with E-state index in [1.807, 2.05) is 6.92 Å². The van der Waals surface area contributed by atoms with Crippen molar-refractivity contribution < 1.29 is 4.74 Å². The van der Waals surface area contributed by atoms with Gasteiger partial charge in [0.15, 0.2) is 0 Å². The van der Waals surface area contributed by atoms with Crippen molar-refractivity contribution in [1.82, 2.24) is 9.97 Å². The van der Waals surface area contributed by atoms with Crippen molar-refractivity contribution in [2.45, 2.75) is 52.1 Å². The second-order valence-corrected chi connectivity index (χ2v) is 4.04. The van der Waals surface area contributed by atoms with E-state index >= 15 is 0 Å². The van der Waals surface area contributed by atoms with Gasteiger partial charge >= 0.3 is 6.01 Å². The summed E-state index contributed by atoms with van der Waals surface area (Å²) in [6.45, 7) is 4.25. The van der Waals surface area contributed by atoms with Crippen molar-refractivity contribution in [3.63, 3.8) is 0 Å². The second-order valence-electron chi connectivity index (χ2n) is 4.04. The van der Waals surface area contributed by atoms with E-state index in [2.05, 4.69) is 16.9 Å². The highest BCUT2D eigenvalue weighted by Gasteiger charge is 2.05. The Labute approximate surface area is 97.2 Å². The number of aromatic nitrogens is 2. The molecule has 4 nitrogen and oxygen atoms in total. The quantitative estimate of drug-likeness (QED) is 0.722. The largest absolute Gasteiger partial charge is 0.460 e. The standard InChI is InChI=1S/C12H21N3O/c1-3-4-5-6-7-10(2)16-12-14-9-8-11(13)15-12/h8-10H,3-7H2,1-2H3,(H2,13,14,15). The predicted molar refractivity (Wildman–Crippen MR) is 65.3 cm³/mol. The van der Waals surface area contributed by atoms with Gasteiger partial charge < -0.3 is 10.5 Å². The molecule has 0 fully saturated rings. The van der Waals surface area contributed by atoms with Crippen LogP contribution in [-0.4, -0.2) is 16.1 Å². The maximum Gasteiger partial charge on any atom is 0.318 e. The van der Waals surface area contributed by atoms with Crippen LogP contribution in [0.2, 0.25) is 0 Å². The maximum atomic E-state index is 5.57. The van der Waals surface area contributed by atoms with Crippen LogP contribution in [0, 0.1) is 0 Å². The molecule has 0 spiro atoms. The van der Waals surface area contributed by atoms with E-state index in [0.29, 0.717) is 11.8 Å². The first kappa shape index (κ1) is 12.7. The number of rotatable bonds is 7. The van der Waals surface area contributed by atoms with Crippen LogP contribution in [-0.2, 0) is 0 Å². The first-order valence-corrected chi connectivity index (χ1v) is 5.97. The average Bonchev–Trinajstić information content (AvgIpc) is 2.24. The smallest absolute Gasteiger partial charge is 0.318 e. The zero-order valence-electron chi connectivity index (χ0n) is 10.1. The van der Waals surface area contributed by atoms with E-state index in [9.17, 15) is 0 Å². The van der Waals surface area contributed by atoms with Crippen LogP contribution in [0.1, 0.15) is 46.0 Å². The number of hydrogen-bond donors (Lipinski definition) is 1. The molecule has 0 aliphatic carbocycles. The van der Waals surface area contributed by atoms with Crippen molar-refractivity contribution in [2.75, 3.05) is 5.73 Å². The molecule has 1 heterocycles. The van der Waals surface area contributed by atoms with Crippen molar-refractivity contribution in [3.8, 4) is 6.01 Å². The minimum atomic E-state index is 0.152. The van der Waals surface area contributed by atoms with Gasteiger partial charge in [0.2, 0.25) is 0 Å². The summed E-state index contributed by atoms with van der Waals surface area (Å²) in [5.74, 6) is 0.447. The lowest BCUT2D eigenvalue weighted by Gasteiger charge is -2.12. The van der Waals surface area contributed by atoms with Crippen molar-refractivity contribution in [1.29, 1.82) is 0 Å². The fourth-order valence-corrected chi connectivity index (χ4v) is 1.51. The Hall–Kier alpha value is -1.32. The molecule has 4 heteroatoms. The first-order valence-electron chi connectivity index (χ1n) is 5.97. The number of anilines is 1. The molecule has 1 atom stereocenters. The summed E-state index contributed by atoms with van der Waals surface area (Å²) in [7, 11) is 0. The molecule has 2 N–H and O–H groups in total. The second kappa shape index (κ2) is 7.04. The number of nitrogens with two attached hydrogens (primary N) is 1. The topological polar surface area (TPSA) is 61.0 Å². The number of ether oxygens (including phenoxy) is 1. The third kappa shape index (κ3) is 4.96. The summed E-state index contributed by atoms with van der Waals surface area (Å²) in [4.78, 5) is 8.01. The highest BCUT2D eigenvalue weighted by molar-refractivity contribution is 5.26. The lowest BCUT2D eigenvalue weighted by Crippen LogP contribution is -2.13. The van der Waals surface area contributed by atoms with Gasteiger partial charge in [0.25, 0.3) is 0 Å². The minimum absolute atomic E-state index is 0.152. The monoisotopic (exact) mass is 223 g/mol. The third-order valence-corrected chi connectivity index (χ3v) is 2.43. The molecule has 16 heavy (non-hydrogen) atoms. The molecule has 1 unspecified atom stereocenters. The molecular weight excluding hydrogens is 202 g/mol. The van der Waals surface area contributed by atoms with Crippen molar-refractivity contribution in [3.05, 3.63) is 12.3 Å². The van der Waals surface area contributed by atoms with Gasteiger partial charge in [-0.05, 0) is 25.8 Å². The van der Waals surface area contributed by atoms with E-state index in [0.717, 1.165) is 6.42 Å². The summed E-state index contributed by atoms with van der Waals surface area (Å²) in [6, 6.07) is 2.03. The molecular formula is C12H21N3O. The summed E-state index contributed by atoms with van der Waals surface area (Å²) < 4.78 is 5.57. The number of hydrogen-bond acceptors (Lipinski definition) is 4. The predicted octanol–water partition coefficient (Wildman–Crippen LogP) is 2.80. The molecule has 0 saturated carbocycles. The SMILES string of the molecule is CCCCCCC(C)Oc1nccc(N)n1. The highest BCUT2D eigenvalue weighted by atomic mass is 16.5. The summed E-state index contributed by atoms with van der Waals surface area (Å²) in [5.41, 5.74) is 5.54. The van der Waals surface area contributed by atoms with Gasteiger partial charge in [-0.2, -0.15) is 4.98 Å². The molecule has 1 aromatic heterocycles. The van der Waals surface area contributed by atoms with Crippen LogP contribution >= 0.6 is 0 Å². The summed E-state index contributed by atoms with van der Waals surface area (Å²) in [5, 5.41) is 0. The van der Waals surface area contributed by atoms with Gasteiger partial charge in [0.05, 0.1) is 6.10 Å². The Morgan fingerprint density at radius 3 is 2.88 bits per heavy atom. The van der Waals surface area contributed by atoms with E-state index in [-0.39, 0.29) is 6.10 Å². The van der Waals surface area contributed by atoms with Gasteiger partial charge in [-0.3, -0.25) is 0 Å². The fraction of sp³-hybridized carbons (Fsp3) is 0.667. The number of unbranched alkanes of at least 4 members (excludes halogenated alkanes) is 3. The summed E-state index contributed by atoms with van der Waals surface area (Å²) in [6.07, 6.45) is 7.81. The van der Waals surface area contributed by atoms with Crippen LogP contribution in [0.25, 0.3) is 0 Å². The summed E-state index contributed by atoms with van der Waals surface area (Å²) >= 11 is 0. The molecule has 0 radical (unpaired) electrons. The first-order chi connectivity index (χ1) is 7.72. The normalized spacial score (nSPS) is 12.4. The number of nitrogen functional groups attached to an aromatic ring is 1. The minimum Gasteiger partial charge on any atom is -0.460 e. The Bertz CT molecular complexity index is 304. The third-order valence-electron chi connectivity index (χ3n) is 2.43. The van der Waals surface area contributed by atoms with Gasteiger partial charge in [-0.25, -0.2) is 4.98 Å².